The second-order valence-electron chi connectivity index (χ2n) is 6.14. The van der Waals surface area contributed by atoms with E-state index in [-0.39, 0.29) is 17.4 Å². The van der Waals surface area contributed by atoms with E-state index in [0.717, 1.165) is 23.2 Å². The maximum atomic E-state index is 12.8. The molecule has 0 radical (unpaired) electrons. The molecule has 0 saturated heterocycles. The lowest BCUT2D eigenvalue weighted by atomic mass is 10.0. The molecule has 25 heavy (non-hydrogen) atoms. The van der Waals surface area contributed by atoms with Gasteiger partial charge < -0.3 is 14.8 Å². The van der Waals surface area contributed by atoms with E-state index in [2.05, 4.69) is 15.3 Å². The first-order valence-corrected chi connectivity index (χ1v) is 9.09. The molecule has 1 amide bonds. The number of amides is 1. The Morgan fingerprint density at radius 2 is 2.28 bits per heavy atom. The molecule has 1 aliphatic rings. The number of thioether (sulfide) groups is 1. The molecule has 0 fully saturated rings. The Kier molecular flexibility index (Phi) is 6.05. The third kappa shape index (κ3) is 4.50. The summed E-state index contributed by atoms with van der Waals surface area (Å²) in [4.78, 5) is 32.9. The Bertz CT molecular complexity index is 771. The van der Waals surface area contributed by atoms with E-state index in [1.165, 1.54) is 17.8 Å². The van der Waals surface area contributed by atoms with E-state index in [1.807, 2.05) is 13.8 Å². The van der Waals surface area contributed by atoms with E-state index >= 15 is 0 Å². The number of aromatic hydroxyl groups is 1. The van der Waals surface area contributed by atoms with Crippen LogP contribution in [-0.2, 0) is 4.79 Å². The van der Waals surface area contributed by atoms with E-state index in [1.54, 1.807) is 14.0 Å². The maximum Gasteiger partial charge on any atom is 0.339 e. The van der Waals surface area contributed by atoms with Crippen LogP contribution in [-0.4, -0.2) is 40.1 Å². The quantitative estimate of drug-likeness (QED) is 0.753. The van der Waals surface area contributed by atoms with Crippen molar-refractivity contribution < 1.29 is 14.3 Å². The van der Waals surface area contributed by atoms with Gasteiger partial charge in [0.2, 0.25) is 5.91 Å². The number of nitrogens with zero attached hydrogens (tertiary/aromatic N) is 2. The Morgan fingerprint density at radius 1 is 1.56 bits per heavy atom. The van der Waals surface area contributed by atoms with Gasteiger partial charge in [-0.25, -0.2) is 4.79 Å². The molecule has 0 aliphatic carbocycles. The topological polar surface area (TPSA) is 104 Å². The first-order valence-electron chi connectivity index (χ1n) is 8.10. The van der Waals surface area contributed by atoms with Gasteiger partial charge in [-0.15, -0.1) is 11.8 Å². The maximum absolute atomic E-state index is 12.8. The van der Waals surface area contributed by atoms with Crippen LogP contribution in [0.2, 0.25) is 0 Å². The van der Waals surface area contributed by atoms with Crippen LogP contribution in [0.25, 0.3) is 0 Å². The lowest BCUT2D eigenvalue weighted by Crippen LogP contribution is -2.45. The van der Waals surface area contributed by atoms with Crippen molar-refractivity contribution in [2.75, 3.05) is 12.8 Å². The lowest BCUT2D eigenvalue weighted by Gasteiger charge is -2.24. The van der Waals surface area contributed by atoms with Gasteiger partial charge in [-0.05, 0) is 20.3 Å². The van der Waals surface area contributed by atoms with Gasteiger partial charge in [-0.2, -0.15) is 0 Å². The Labute approximate surface area is 150 Å². The highest BCUT2D eigenvalue weighted by Crippen LogP contribution is 2.30. The molecule has 2 rings (SSSR count). The molecule has 0 aromatic carbocycles. The summed E-state index contributed by atoms with van der Waals surface area (Å²) < 4.78 is 5.16. The van der Waals surface area contributed by atoms with Crippen molar-refractivity contribution in [2.45, 2.75) is 45.2 Å². The minimum absolute atomic E-state index is 0.181. The minimum Gasteiger partial charge on any atom is -0.508 e. The molecule has 8 heteroatoms. The summed E-state index contributed by atoms with van der Waals surface area (Å²) in [5, 5.41) is 13.3. The smallest absolute Gasteiger partial charge is 0.339 e. The van der Waals surface area contributed by atoms with Gasteiger partial charge in [0.05, 0.1) is 17.8 Å². The summed E-state index contributed by atoms with van der Waals surface area (Å²) in [7, 11) is 1.69. The van der Waals surface area contributed by atoms with Gasteiger partial charge in [0.25, 0.3) is 0 Å². The number of nitrogens with one attached hydrogen (secondary N) is 1. The molecular formula is C17H23N3O4S. The molecule has 1 unspecified atom stereocenters. The van der Waals surface area contributed by atoms with Crippen LogP contribution in [0.5, 0.6) is 5.75 Å². The number of carbonyl (C=O) groups is 1. The SMILES string of the molecule is CCC[C@@H](NC(=O)C1(C)CSC(C(C)=NC)=N1)c1cc(O)cc(=O)o1. The zero-order valence-electron chi connectivity index (χ0n) is 14.8. The summed E-state index contributed by atoms with van der Waals surface area (Å²) in [6.45, 7) is 5.59. The second kappa shape index (κ2) is 7.86. The fourth-order valence-corrected chi connectivity index (χ4v) is 3.62. The van der Waals surface area contributed by atoms with Crippen molar-refractivity contribution in [2.24, 2.45) is 9.98 Å². The first kappa shape index (κ1) is 19.2. The highest BCUT2D eigenvalue weighted by Gasteiger charge is 2.39. The Balaban J connectivity index is 2.23. The van der Waals surface area contributed by atoms with Crippen molar-refractivity contribution >= 4 is 28.4 Å². The molecule has 2 N–H and O–H groups in total. The van der Waals surface area contributed by atoms with Gasteiger partial charge in [-0.1, -0.05) is 13.3 Å². The van der Waals surface area contributed by atoms with Crippen molar-refractivity contribution in [3.8, 4) is 5.75 Å². The van der Waals surface area contributed by atoms with Gasteiger partial charge in [0.15, 0.2) is 0 Å². The van der Waals surface area contributed by atoms with Gasteiger partial charge >= 0.3 is 5.63 Å². The van der Waals surface area contributed by atoms with Gasteiger partial charge in [-0.3, -0.25) is 14.8 Å². The standard InChI is InChI=1S/C17H23N3O4S/c1-5-6-12(13-7-11(21)8-14(22)24-13)19-16(23)17(3)9-25-15(20-17)10(2)18-4/h7-8,12,21H,5-6,9H2,1-4H3,(H,19,23)/t12-,17?/m1/s1. The zero-order chi connectivity index (χ0) is 18.6. The third-order valence-electron chi connectivity index (χ3n) is 3.97. The highest BCUT2D eigenvalue weighted by molar-refractivity contribution is 8.16. The van der Waals surface area contributed by atoms with Crippen molar-refractivity contribution in [3.63, 3.8) is 0 Å². The molecule has 7 nitrogen and oxygen atoms in total. The average Bonchev–Trinajstić information content (AvgIpc) is 2.96. The first-order chi connectivity index (χ1) is 11.8. The summed E-state index contributed by atoms with van der Waals surface area (Å²) in [5.41, 5.74) is -0.761. The summed E-state index contributed by atoms with van der Waals surface area (Å²) >= 11 is 1.50. The van der Waals surface area contributed by atoms with Crippen LogP contribution in [0.3, 0.4) is 0 Å². The van der Waals surface area contributed by atoms with Gasteiger partial charge in [0.1, 0.15) is 22.1 Å². The normalized spacial score (nSPS) is 21.8. The molecule has 1 aliphatic heterocycles. The lowest BCUT2D eigenvalue weighted by molar-refractivity contribution is -0.125. The number of hydrogen-bond acceptors (Lipinski definition) is 7. The van der Waals surface area contributed by atoms with Crippen LogP contribution >= 0.6 is 11.8 Å². The van der Waals surface area contributed by atoms with Crippen LogP contribution in [0.15, 0.2) is 31.3 Å². The Morgan fingerprint density at radius 3 is 2.88 bits per heavy atom. The summed E-state index contributed by atoms with van der Waals surface area (Å²) in [5.74, 6) is 0.330. The predicted molar refractivity (Wildman–Crippen MR) is 99.8 cm³/mol. The van der Waals surface area contributed by atoms with Crippen molar-refractivity contribution in [1.29, 1.82) is 0 Å². The highest BCUT2D eigenvalue weighted by atomic mass is 32.2. The van der Waals surface area contributed by atoms with E-state index < -0.39 is 17.2 Å². The predicted octanol–water partition coefficient (Wildman–Crippen LogP) is 2.30. The van der Waals surface area contributed by atoms with E-state index in [9.17, 15) is 14.7 Å². The molecule has 136 valence electrons. The number of carbonyl (C=O) groups excluding carboxylic acids is 1. The third-order valence-corrected chi connectivity index (χ3v) is 5.34. The van der Waals surface area contributed by atoms with Crippen LogP contribution in [0.1, 0.15) is 45.4 Å². The fourth-order valence-electron chi connectivity index (χ4n) is 2.44. The van der Waals surface area contributed by atoms with E-state index in [0.29, 0.717) is 12.2 Å². The van der Waals surface area contributed by atoms with E-state index in [4.69, 9.17) is 4.42 Å². The summed E-state index contributed by atoms with van der Waals surface area (Å²) in [6, 6.07) is 1.85. The van der Waals surface area contributed by atoms with Crippen molar-refractivity contribution in [1.82, 2.24) is 5.32 Å². The zero-order valence-corrected chi connectivity index (χ0v) is 15.6. The molecule has 2 atom stereocenters. The van der Waals surface area contributed by atoms with Gasteiger partial charge in [0, 0.05) is 18.9 Å². The molecule has 0 bridgehead atoms. The molecule has 2 heterocycles. The molecular weight excluding hydrogens is 342 g/mol. The number of hydrogen-bond donors (Lipinski definition) is 2. The molecule has 1 aromatic rings. The van der Waals surface area contributed by atoms with Crippen LogP contribution in [0, 0.1) is 0 Å². The summed E-state index contributed by atoms with van der Waals surface area (Å²) in [6.07, 6.45) is 1.35. The Hall–Kier alpha value is -2.09. The number of aliphatic imine (C=N–C) groups is 2. The fraction of sp³-hybridized carbons (Fsp3) is 0.529. The minimum atomic E-state index is -0.908. The van der Waals surface area contributed by atoms with Crippen LogP contribution in [0.4, 0.5) is 0 Å². The molecule has 0 spiro atoms. The number of rotatable bonds is 6. The monoisotopic (exact) mass is 365 g/mol. The van der Waals surface area contributed by atoms with Crippen molar-refractivity contribution in [3.05, 3.63) is 28.3 Å². The average molecular weight is 365 g/mol. The largest absolute Gasteiger partial charge is 0.508 e. The molecule has 1 aromatic heterocycles. The second-order valence-corrected chi connectivity index (χ2v) is 7.10. The van der Waals surface area contributed by atoms with Crippen LogP contribution < -0.4 is 10.9 Å². The molecule has 0 saturated carbocycles.